The second-order valence-electron chi connectivity index (χ2n) is 5.91. The number of rotatable bonds is 8. The van der Waals surface area contributed by atoms with Crippen molar-refractivity contribution < 1.29 is 9.47 Å². The minimum Gasteiger partial charge on any atom is -0.496 e. The van der Waals surface area contributed by atoms with Crippen molar-refractivity contribution in [1.29, 1.82) is 0 Å². The molecule has 1 N–H and O–H groups in total. The fourth-order valence-electron chi connectivity index (χ4n) is 3.17. The van der Waals surface area contributed by atoms with Gasteiger partial charge >= 0.3 is 0 Å². The monoisotopic (exact) mass is 291 g/mol. The number of nitrogens with one attached hydrogen (secondary N) is 1. The average Bonchev–Trinajstić information content (AvgIpc) is 2.99. The molecule has 2 rings (SSSR count). The Hall–Kier alpha value is -1.06. The number of hydrogen-bond acceptors (Lipinski definition) is 3. The summed E-state index contributed by atoms with van der Waals surface area (Å²) < 4.78 is 11.1. The minimum atomic E-state index is 0.431. The molecule has 3 heteroatoms. The van der Waals surface area contributed by atoms with Gasteiger partial charge in [0.25, 0.3) is 0 Å². The van der Waals surface area contributed by atoms with Gasteiger partial charge in [-0.15, -0.1) is 0 Å². The first-order valence-corrected chi connectivity index (χ1v) is 8.24. The largest absolute Gasteiger partial charge is 0.496 e. The van der Waals surface area contributed by atoms with Crippen LogP contribution < -0.4 is 10.1 Å². The first-order chi connectivity index (χ1) is 10.2. The Bertz CT molecular complexity index is 427. The molecule has 0 bridgehead atoms. The van der Waals surface area contributed by atoms with Gasteiger partial charge in [-0.2, -0.15) is 0 Å². The molecule has 3 nitrogen and oxygen atoms in total. The summed E-state index contributed by atoms with van der Waals surface area (Å²) in [5.74, 6) is 0.966. The van der Waals surface area contributed by atoms with E-state index < -0.39 is 0 Å². The zero-order chi connectivity index (χ0) is 15.1. The topological polar surface area (TPSA) is 30.5 Å². The summed E-state index contributed by atoms with van der Waals surface area (Å²) in [6.45, 7) is 6.23. The third-order valence-corrected chi connectivity index (χ3v) is 4.31. The highest BCUT2D eigenvalue weighted by molar-refractivity contribution is 5.37. The Kier molecular flexibility index (Phi) is 6.52. The molecule has 21 heavy (non-hydrogen) atoms. The predicted octanol–water partition coefficient (Wildman–Crippen LogP) is 4.00. The van der Waals surface area contributed by atoms with Crippen molar-refractivity contribution in [2.24, 2.45) is 0 Å². The van der Waals surface area contributed by atoms with Crippen molar-refractivity contribution >= 4 is 0 Å². The molecular weight excluding hydrogens is 262 g/mol. The number of ether oxygens (including phenoxy) is 2. The molecule has 1 aromatic carbocycles. The lowest BCUT2D eigenvalue weighted by Crippen LogP contribution is -2.21. The summed E-state index contributed by atoms with van der Waals surface area (Å²) in [6, 6.07) is 6.94. The minimum absolute atomic E-state index is 0.431. The second-order valence-corrected chi connectivity index (χ2v) is 5.91. The third-order valence-electron chi connectivity index (χ3n) is 4.31. The van der Waals surface area contributed by atoms with Crippen molar-refractivity contribution in [3.05, 3.63) is 29.3 Å². The second kappa shape index (κ2) is 8.40. The van der Waals surface area contributed by atoms with E-state index in [9.17, 15) is 0 Å². The van der Waals surface area contributed by atoms with Gasteiger partial charge in [-0.25, -0.2) is 0 Å². The van der Waals surface area contributed by atoms with Crippen LogP contribution in [0.2, 0.25) is 0 Å². The maximum absolute atomic E-state index is 5.71. The van der Waals surface area contributed by atoms with Gasteiger partial charge in [0.1, 0.15) is 5.75 Å². The van der Waals surface area contributed by atoms with Crippen molar-refractivity contribution in [2.75, 3.05) is 20.3 Å². The summed E-state index contributed by atoms with van der Waals surface area (Å²) in [5.41, 5.74) is 2.57. The molecule has 0 aromatic heterocycles. The molecule has 0 spiro atoms. The lowest BCUT2D eigenvalue weighted by atomic mass is 9.97. The molecule has 1 aliphatic rings. The maximum Gasteiger partial charge on any atom is 0.121 e. The maximum atomic E-state index is 5.71. The lowest BCUT2D eigenvalue weighted by Gasteiger charge is -2.20. The van der Waals surface area contributed by atoms with Gasteiger partial charge in [-0.1, -0.05) is 19.1 Å². The van der Waals surface area contributed by atoms with Crippen molar-refractivity contribution in [1.82, 2.24) is 5.32 Å². The smallest absolute Gasteiger partial charge is 0.121 e. The van der Waals surface area contributed by atoms with Gasteiger partial charge in [-0.05, 0) is 62.8 Å². The molecule has 1 fully saturated rings. The van der Waals surface area contributed by atoms with E-state index in [1.165, 1.54) is 43.2 Å². The van der Waals surface area contributed by atoms with E-state index in [1.807, 2.05) is 0 Å². The number of aryl methyl sites for hydroxylation is 1. The van der Waals surface area contributed by atoms with Crippen LogP contribution in [0.5, 0.6) is 5.75 Å². The first-order valence-electron chi connectivity index (χ1n) is 8.24. The summed E-state index contributed by atoms with van der Waals surface area (Å²) in [5, 5.41) is 3.61. The van der Waals surface area contributed by atoms with E-state index in [4.69, 9.17) is 9.47 Å². The molecule has 1 aromatic rings. The fourth-order valence-corrected chi connectivity index (χ4v) is 3.17. The van der Waals surface area contributed by atoms with Crippen molar-refractivity contribution in [3.63, 3.8) is 0 Å². The van der Waals surface area contributed by atoms with Crippen LogP contribution in [0.25, 0.3) is 0 Å². The highest BCUT2D eigenvalue weighted by Gasteiger charge is 2.17. The molecule has 1 heterocycles. The van der Waals surface area contributed by atoms with Gasteiger partial charge in [0.15, 0.2) is 0 Å². The van der Waals surface area contributed by atoms with Crippen LogP contribution in [0.4, 0.5) is 0 Å². The van der Waals surface area contributed by atoms with Crippen LogP contribution in [0.3, 0.4) is 0 Å². The molecule has 0 saturated carbocycles. The molecule has 0 amide bonds. The Morgan fingerprint density at radius 1 is 1.43 bits per heavy atom. The summed E-state index contributed by atoms with van der Waals surface area (Å²) in [6.07, 6.45) is 6.56. The highest BCUT2D eigenvalue weighted by atomic mass is 16.5. The van der Waals surface area contributed by atoms with Gasteiger partial charge < -0.3 is 14.8 Å². The molecule has 2 atom stereocenters. The number of methoxy groups -OCH3 is 1. The summed E-state index contributed by atoms with van der Waals surface area (Å²) in [4.78, 5) is 0. The van der Waals surface area contributed by atoms with Crippen LogP contribution in [0.15, 0.2) is 18.2 Å². The average molecular weight is 291 g/mol. The fraction of sp³-hybridized carbons (Fsp3) is 0.667. The van der Waals surface area contributed by atoms with E-state index in [1.54, 1.807) is 7.11 Å². The lowest BCUT2D eigenvalue weighted by molar-refractivity contribution is 0.101. The summed E-state index contributed by atoms with van der Waals surface area (Å²) in [7, 11) is 1.73. The van der Waals surface area contributed by atoms with Crippen molar-refractivity contribution in [2.45, 2.75) is 58.1 Å². The number of hydrogen-bond donors (Lipinski definition) is 1. The van der Waals surface area contributed by atoms with Crippen LogP contribution in [0.1, 0.15) is 56.2 Å². The Balaban J connectivity index is 1.92. The van der Waals surface area contributed by atoms with E-state index in [2.05, 4.69) is 37.4 Å². The molecule has 0 radical (unpaired) electrons. The zero-order valence-electron chi connectivity index (χ0n) is 13.7. The highest BCUT2D eigenvalue weighted by Crippen LogP contribution is 2.27. The van der Waals surface area contributed by atoms with E-state index in [-0.39, 0.29) is 0 Å². The molecule has 1 saturated heterocycles. The standard InChI is InChI=1S/C18H29NO2/c1-4-19-17(9-5-7-16-8-6-12-21-16)15-10-11-18(20-3)14(2)13-15/h10-11,13,16-17,19H,4-9,12H2,1-3H3. The van der Waals surface area contributed by atoms with Gasteiger partial charge in [0, 0.05) is 12.6 Å². The normalized spacial score (nSPS) is 19.7. The molecular formula is C18H29NO2. The Labute approximate surface area is 129 Å². The van der Waals surface area contributed by atoms with Crippen LogP contribution in [-0.2, 0) is 4.74 Å². The van der Waals surface area contributed by atoms with Crippen LogP contribution >= 0.6 is 0 Å². The predicted molar refractivity (Wildman–Crippen MR) is 87.0 cm³/mol. The van der Waals surface area contributed by atoms with Gasteiger partial charge in [0.2, 0.25) is 0 Å². The molecule has 0 aliphatic carbocycles. The molecule has 2 unspecified atom stereocenters. The van der Waals surface area contributed by atoms with Crippen LogP contribution in [-0.4, -0.2) is 26.4 Å². The first kappa shape index (κ1) is 16.3. The third kappa shape index (κ3) is 4.72. The Morgan fingerprint density at radius 2 is 2.29 bits per heavy atom. The van der Waals surface area contributed by atoms with E-state index in [0.717, 1.165) is 18.9 Å². The van der Waals surface area contributed by atoms with E-state index in [0.29, 0.717) is 12.1 Å². The number of benzene rings is 1. The van der Waals surface area contributed by atoms with Crippen LogP contribution in [0, 0.1) is 6.92 Å². The summed E-state index contributed by atoms with van der Waals surface area (Å²) >= 11 is 0. The van der Waals surface area contributed by atoms with E-state index >= 15 is 0 Å². The Morgan fingerprint density at radius 3 is 2.90 bits per heavy atom. The van der Waals surface area contributed by atoms with Gasteiger partial charge in [-0.3, -0.25) is 0 Å². The quantitative estimate of drug-likeness (QED) is 0.785. The molecule has 1 aliphatic heterocycles. The SMILES string of the molecule is CCNC(CCCC1CCCO1)c1ccc(OC)c(C)c1. The van der Waals surface area contributed by atoms with Crippen molar-refractivity contribution in [3.8, 4) is 5.75 Å². The van der Waals surface area contributed by atoms with Gasteiger partial charge in [0.05, 0.1) is 13.2 Å². The molecule has 118 valence electrons. The zero-order valence-corrected chi connectivity index (χ0v) is 13.7.